The van der Waals surface area contributed by atoms with Crippen molar-refractivity contribution in [1.29, 1.82) is 0 Å². The summed E-state index contributed by atoms with van der Waals surface area (Å²) in [5.74, 6) is 1.10. The van der Waals surface area contributed by atoms with E-state index in [1.54, 1.807) is 11.3 Å². The van der Waals surface area contributed by atoms with Crippen molar-refractivity contribution in [3.8, 4) is 0 Å². The molecule has 1 saturated carbocycles. The molecule has 0 atom stereocenters. The minimum atomic E-state index is -0.262. The lowest BCUT2D eigenvalue weighted by Gasteiger charge is -2.43. The summed E-state index contributed by atoms with van der Waals surface area (Å²) in [4.78, 5) is 16.0. The van der Waals surface area contributed by atoms with Crippen LogP contribution in [0.5, 0.6) is 0 Å². The zero-order valence-corrected chi connectivity index (χ0v) is 12.6. The van der Waals surface area contributed by atoms with Crippen molar-refractivity contribution in [3.05, 3.63) is 21.9 Å². The Morgan fingerprint density at radius 3 is 2.44 bits per heavy atom. The van der Waals surface area contributed by atoms with Crippen LogP contribution in [0.15, 0.2) is 11.4 Å². The molecule has 0 aliphatic heterocycles. The maximum absolute atomic E-state index is 12.9. The predicted molar refractivity (Wildman–Crippen MR) is 77.4 cm³/mol. The van der Waals surface area contributed by atoms with Crippen LogP contribution < -0.4 is 0 Å². The third kappa shape index (κ3) is 2.26. The highest BCUT2D eigenvalue weighted by Gasteiger charge is 2.43. The number of Topliss-reactive ketones (excluding diaryl/α,β-unsaturated/α-hetero) is 1. The van der Waals surface area contributed by atoms with E-state index in [0.29, 0.717) is 5.78 Å². The Labute approximate surface area is 114 Å². The summed E-state index contributed by atoms with van der Waals surface area (Å²) in [6.07, 6.45) is 4.32. The molecule has 0 amide bonds. The first kappa shape index (κ1) is 13.8. The number of thiophene rings is 1. The van der Waals surface area contributed by atoms with Gasteiger partial charge in [0.25, 0.3) is 0 Å². The molecular formula is C15H23NOS. The van der Waals surface area contributed by atoms with E-state index >= 15 is 0 Å². The summed E-state index contributed by atoms with van der Waals surface area (Å²) in [6, 6.07) is 2.05. The van der Waals surface area contributed by atoms with Gasteiger partial charge in [-0.1, -0.05) is 6.92 Å². The molecule has 2 nitrogen and oxygen atoms in total. The van der Waals surface area contributed by atoms with E-state index in [4.69, 9.17) is 0 Å². The molecule has 0 N–H and O–H groups in total. The normalized spacial score (nSPS) is 28.6. The van der Waals surface area contributed by atoms with Crippen LogP contribution in [0.25, 0.3) is 0 Å². The van der Waals surface area contributed by atoms with Gasteiger partial charge in [0.05, 0.1) is 10.4 Å². The van der Waals surface area contributed by atoms with Gasteiger partial charge in [-0.05, 0) is 69.6 Å². The summed E-state index contributed by atoms with van der Waals surface area (Å²) < 4.78 is 0. The summed E-state index contributed by atoms with van der Waals surface area (Å²) in [5.41, 5.74) is 0.868. The predicted octanol–water partition coefficient (Wildman–Crippen LogP) is 3.75. The lowest BCUT2D eigenvalue weighted by Crippen LogP contribution is -2.53. The molecule has 3 heteroatoms. The van der Waals surface area contributed by atoms with Crippen LogP contribution in [-0.4, -0.2) is 30.3 Å². The van der Waals surface area contributed by atoms with E-state index in [-0.39, 0.29) is 5.54 Å². The molecule has 1 heterocycles. The monoisotopic (exact) mass is 265 g/mol. The lowest BCUT2D eigenvalue weighted by molar-refractivity contribution is 0.0517. The molecule has 1 aromatic heterocycles. The standard InChI is InChI=1S/C15H23NOS/c1-11-5-8-15(9-6-11,16(3)4)14(17)13-12(2)7-10-18-13/h7,10-11H,5-6,8-9H2,1-4H3. The first-order chi connectivity index (χ1) is 8.47. The Morgan fingerprint density at radius 2 is 2.00 bits per heavy atom. The molecule has 0 radical (unpaired) electrons. The van der Waals surface area contributed by atoms with E-state index in [9.17, 15) is 4.79 Å². The Hall–Kier alpha value is -0.670. The minimum absolute atomic E-state index is 0.262. The number of hydrogen-bond acceptors (Lipinski definition) is 3. The Morgan fingerprint density at radius 1 is 1.39 bits per heavy atom. The molecule has 2 rings (SSSR count). The van der Waals surface area contributed by atoms with Crippen LogP contribution in [0.2, 0.25) is 0 Å². The maximum Gasteiger partial charge on any atom is 0.193 e. The van der Waals surface area contributed by atoms with Crippen molar-refractivity contribution in [2.45, 2.75) is 45.1 Å². The minimum Gasteiger partial charge on any atom is -0.297 e. The van der Waals surface area contributed by atoms with Crippen molar-refractivity contribution in [1.82, 2.24) is 4.90 Å². The molecule has 0 bridgehead atoms. The van der Waals surface area contributed by atoms with Gasteiger partial charge in [-0.15, -0.1) is 11.3 Å². The van der Waals surface area contributed by atoms with Gasteiger partial charge < -0.3 is 0 Å². The van der Waals surface area contributed by atoms with Crippen molar-refractivity contribution >= 4 is 17.1 Å². The van der Waals surface area contributed by atoms with Crippen molar-refractivity contribution in [3.63, 3.8) is 0 Å². The van der Waals surface area contributed by atoms with Crippen molar-refractivity contribution in [2.75, 3.05) is 14.1 Å². The maximum atomic E-state index is 12.9. The molecule has 0 spiro atoms. The molecule has 1 aliphatic rings. The van der Waals surface area contributed by atoms with Crippen LogP contribution in [0.3, 0.4) is 0 Å². The highest BCUT2D eigenvalue weighted by Crippen LogP contribution is 2.39. The fourth-order valence-electron chi connectivity index (χ4n) is 2.93. The number of carbonyl (C=O) groups excluding carboxylic acids is 1. The second-order valence-corrected chi connectivity index (χ2v) is 6.79. The second kappa shape index (κ2) is 5.14. The summed E-state index contributed by atoms with van der Waals surface area (Å²) in [7, 11) is 4.10. The zero-order chi connectivity index (χ0) is 13.3. The number of aryl methyl sites for hydroxylation is 1. The Kier molecular flexibility index (Phi) is 3.93. The van der Waals surface area contributed by atoms with E-state index in [0.717, 1.165) is 42.0 Å². The SMILES string of the molecule is Cc1ccsc1C(=O)C1(N(C)C)CCC(C)CC1. The fraction of sp³-hybridized carbons (Fsp3) is 0.667. The molecule has 1 aromatic rings. The first-order valence-corrected chi connectivity index (χ1v) is 7.61. The van der Waals surface area contributed by atoms with Gasteiger partial charge in [-0.2, -0.15) is 0 Å². The fourth-order valence-corrected chi connectivity index (χ4v) is 3.89. The molecular weight excluding hydrogens is 242 g/mol. The third-order valence-corrected chi connectivity index (χ3v) is 5.46. The molecule has 1 fully saturated rings. The molecule has 1 aliphatic carbocycles. The third-order valence-electron chi connectivity index (χ3n) is 4.45. The summed E-state index contributed by atoms with van der Waals surface area (Å²) in [6.45, 7) is 4.33. The van der Waals surface area contributed by atoms with Crippen LogP contribution >= 0.6 is 11.3 Å². The van der Waals surface area contributed by atoms with Gasteiger partial charge >= 0.3 is 0 Å². The second-order valence-electron chi connectivity index (χ2n) is 5.87. The van der Waals surface area contributed by atoms with Gasteiger partial charge in [0, 0.05) is 0 Å². The average molecular weight is 265 g/mol. The molecule has 0 aromatic carbocycles. The van der Waals surface area contributed by atoms with E-state index < -0.39 is 0 Å². The lowest BCUT2D eigenvalue weighted by atomic mass is 9.73. The number of carbonyl (C=O) groups is 1. The van der Waals surface area contributed by atoms with Crippen LogP contribution in [0.1, 0.15) is 47.8 Å². The van der Waals surface area contributed by atoms with E-state index in [1.165, 1.54) is 0 Å². The number of ketones is 1. The van der Waals surface area contributed by atoms with Crippen molar-refractivity contribution < 1.29 is 4.79 Å². The summed E-state index contributed by atoms with van der Waals surface area (Å²) in [5, 5.41) is 2.03. The van der Waals surface area contributed by atoms with Crippen LogP contribution in [0, 0.1) is 12.8 Å². The first-order valence-electron chi connectivity index (χ1n) is 6.73. The Bertz CT molecular complexity index is 427. The van der Waals surface area contributed by atoms with Crippen LogP contribution in [-0.2, 0) is 0 Å². The van der Waals surface area contributed by atoms with Gasteiger partial charge in [0.2, 0.25) is 0 Å². The smallest absolute Gasteiger partial charge is 0.193 e. The van der Waals surface area contributed by atoms with Gasteiger partial charge in [0.15, 0.2) is 5.78 Å². The highest BCUT2D eigenvalue weighted by atomic mass is 32.1. The van der Waals surface area contributed by atoms with Gasteiger partial charge in [-0.3, -0.25) is 9.69 Å². The topological polar surface area (TPSA) is 20.3 Å². The quantitative estimate of drug-likeness (QED) is 0.776. The zero-order valence-electron chi connectivity index (χ0n) is 11.8. The number of rotatable bonds is 3. The van der Waals surface area contributed by atoms with Crippen molar-refractivity contribution in [2.24, 2.45) is 5.92 Å². The number of hydrogen-bond donors (Lipinski definition) is 0. The molecule has 0 unspecified atom stereocenters. The van der Waals surface area contributed by atoms with Gasteiger partial charge in [0.1, 0.15) is 0 Å². The number of likely N-dealkylation sites (N-methyl/N-ethyl adjacent to an activating group) is 1. The number of nitrogens with zero attached hydrogens (tertiary/aromatic N) is 1. The molecule has 18 heavy (non-hydrogen) atoms. The molecule has 100 valence electrons. The largest absolute Gasteiger partial charge is 0.297 e. The van der Waals surface area contributed by atoms with E-state index in [2.05, 4.69) is 25.9 Å². The van der Waals surface area contributed by atoms with Crippen LogP contribution in [0.4, 0.5) is 0 Å². The molecule has 0 saturated heterocycles. The summed E-state index contributed by atoms with van der Waals surface area (Å²) >= 11 is 1.59. The Balaban J connectivity index is 2.31. The van der Waals surface area contributed by atoms with Gasteiger partial charge in [-0.25, -0.2) is 0 Å². The highest BCUT2D eigenvalue weighted by molar-refractivity contribution is 7.12. The average Bonchev–Trinajstić information content (AvgIpc) is 2.75. The van der Waals surface area contributed by atoms with E-state index in [1.807, 2.05) is 18.4 Å².